The van der Waals surface area contributed by atoms with E-state index in [0.29, 0.717) is 5.56 Å². The van der Waals surface area contributed by atoms with Crippen LogP contribution in [-0.4, -0.2) is 70.0 Å². The molecule has 2 N–H and O–H groups in total. The summed E-state index contributed by atoms with van der Waals surface area (Å²) in [7, 11) is 1.84. The highest BCUT2D eigenvalue weighted by atomic mass is 16.4. The maximum atomic E-state index is 12.1. The van der Waals surface area contributed by atoms with Crippen molar-refractivity contribution in [1.29, 1.82) is 0 Å². The molecule has 1 unspecified atom stereocenters. The van der Waals surface area contributed by atoms with Crippen LogP contribution in [0.2, 0.25) is 0 Å². The Balaban J connectivity index is 1.81. The van der Waals surface area contributed by atoms with Gasteiger partial charge in [0.1, 0.15) is 5.82 Å². The minimum atomic E-state index is -0.889. The molecule has 0 spiro atoms. The molecule has 0 aromatic carbocycles. The van der Waals surface area contributed by atoms with Crippen molar-refractivity contribution in [3.8, 4) is 11.1 Å². The predicted molar refractivity (Wildman–Crippen MR) is 124 cm³/mol. The fourth-order valence-corrected chi connectivity index (χ4v) is 4.69. The lowest BCUT2D eigenvalue weighted by Crippen LogP contribution is -2.47. The van der Waals surface area contributed by atoms with Crippen molar-refractivity contribution in [3.05, 3.63) is 53.5 Å². The Hall–Kier alpha value is -2.90. The van der Waals surface area contributed by atoms with Gasteiger partial charge >= 0.3 is 5.97 Å². The Morgan fingerprint density at radius 2 is 1.97 bits per heavy atom. The lowest BCUT2D eigenvalue weighted by Gasteiger charge is -2.38. The highest BCUT2D eigenvalue weighted by molar-refractivity contribution is 5.94. The van der Waals surface area contributed by atoms with Crippen LogP contribution in [0.5, 0.6) is 0 Å². The van der Waals surface area contributed by atoms with Crippen molar-refractivity contribution in [1.82, 2.24) is 19.2 Å². The Kier molecular flexibility index (Phi) is 5.98. The van der Waals surface area contributed by atoms with Crippen LogP contribution in [0, 0.1) is 6.92 Å². The molecule has 7 nitrogen and oxygen atoms in total. The molecule has 31 heavy (non-hydrogen) atoms. The number of anilines is 1. The average Bonchev–Trinajstić information content (AvgIpc) is 3.21. The van der Waals surface area contributed by atoms with Gasteiger partial charge in [0.2, 0.25) is 0 Å². The first kappa shape index (κ1) is 21.3. The van der Waals surface area contributed by atoms with Crippen LogP contribution in [0.25, 0.3) is 16.6 Å². The van der Waals surface area contributed by atoms with Crippen molar-refractivity contribution in [3.63, 3.8) is 0 Å². The lowest BCUT2D eigenvalue weighted by atomic mass is 9.99. The molecule has 0 radical (unpaired) electrons. The molecule has 1 aliphatic heterocycles. The molecular weight excluding hydrogens is 390 g/mol. The molecule has 0 bridgehead atoms. The van der Waals surface area contributed by atoms with E-state index < -0.39 is 5.97 Å². The summed E-state index contributed by atoms with van der Waals surface area (Å²) in [6.07, 6.45) is 3.89. The summed E-state index contributed by atoms with van der Waals surface area (Å²) in [5.41, 5.74) is 5.10. The molecular formula is C24H31N5O2. The van der Waals surface area contributed by atoms with Crippen LogP contribution >= 0.6 is 0 Å². The minimum absolute atomic E-state index is 0.117. The maximum absolute atomic E-state index is 12.1. The van der Waals surface area contributed by atoms with Gasteiger partial charge in [-0.25, -0.2) is 9.78 Å². The Morgan fingerprint density at radius 3 is 2.55 bits per heavy atom. The van der Waals surface area contributed by atoms with Gasteiger partial charge in [-0.1, -0.05) is 6.92 Å². The second kappa shape index (κ2) is 8.69. The molecule has 1 saturated heterocycles. The molecule has 0 saturated carbocycles. The summed E-state index contributed by atoms with van der Waals surface area (Å²) in [5, 5.41) is 13.0. The van der Waals surface area contributed by atoms with E-state index in [0.717, 1.165) is 66.4 Å². The molecule has 1 fully saturated rings. The highest BCUT2D eigenvalue weighted by Crippen LogP contribution is 2.33. The predicted octanol–water partition coefficient (Wildman–Crippen LogP) is 3.75. The molecule has 4 rings (SSSR count). The number of nitrogens with zero attached hydrogens (tertiary/aromatic N) is 4. The van der Waals surface area contributed by atoms with E-state index in [9.17, 15) is 9.90 Å². The van der Waals surface area contributed by atoms with Crippen LogP contribution in [0.3, 0.4) is 0 Å². The second-order valence-corrected chi connectivity index (χ2v) is 8.19. The SMILES string of the molecule is CCN1CCN(C(C)c2c(C)c(C(=O)O)cc3c(-c4ccc(NC)nc4)ccn23)CC1. The zero-order chi connectivity index (χ0) is 22.1. The summed E-state index contributed by atoms with van der Waals surface area (Å²) in [6, 6.07) is 7.92. The van der Waals surface area contributed by atoms with Gasteiger partial charge in [0.25, 0.3) is 0 Å². The lowest BCUT2D eigenvalue weighted by molar-refractivity contribution is 0.0695. The van der Waals surface area contributed by atoms with Crippen molar-refractivity contribution >= 4 is 17.3 Å². The normalized spacial score (nSPS) is 16.5. The van der Waals surface area contributed by atoms with E-state index in [4.69, 9.17) is 0 Å². The number of carbonyl (C=O) groups is 1. The number of hydrogen-bond donors (Lipinski definition) is 2. The number of aromatic carboxylic acids is 1. The second-order valence-electron chi connectivity index (χ2n) is 8.19. The van der Waals surface area contributed by atoms with Gasteiger partial charge < -0.3 is 19.7 Å². The van der Waals surface area contributed by atoms with E-state index in [-0.39, 0.29) is 6.04 Å². The van der Waals surface area contributed by atoms with Crippen molar-refractivity contribution in [2.24, 2.45) is 0 Å². The fourth-order valence-electron chi connectivity index (χ4n) is 4.69. The smallest absolute Gasteiger partial charge is 0.336 e. The zero-order valence-corrected chi connectivity index (χ0v) is 18.7. The molecule has 0 amide bonds. The standard InChI is InChI=1S/C24H31N5O2/c1-5-27-10-12-28(13-11-27)17(3)23-16(2)20(24(30)31)14-21-19(8-9-29(21)23)18-6-7-22(25-4)26-15-18/h6-9,14-15,17H,5,10-13H2,1-4H3,(H,25,26)(H,30,31). The van der Waals surface area contributed by atoms with E-state index in [1.54, 1.807) is 6.07 Å². The molecule has 3 aromatic heterocycles. The third-order valence-corrected chi connectivity index (χ3v) is 6.61. The van der Waals surface area contributed by atoms with Crippen LogP contribution in [-0.2, 0) is 0 Å². The van der Waals surface area contributed by atoms with Gasteiger partial charge in [0, 0.05) is 68.5 Å². The molecule has 4 heterocycles. The number of pyridine rings is 2. The van der Waals surface area contributed by atoms with E-state index >= 15 is 0 Å². The number of hydrogen-bond acceptors (Lipinski definition) is 5. The number of carboxylic acid groups (broad SMARTS) is 1. The molecule has 0 aliphatic carbocycles. The van der Waals surface area contributed by atoms with Gasteiger partial charge in [0.05, 0.1) is 11.1 Å². The Bertz CT molecular complexity index is 1080. The number of likely N-dealkylation sites (N-methyl/N-ethyl adjacent to an activating group) is 1. The van der Waals surface area contributed by atoms with Crippen LogP contribution < -0.4 is 5.32 Å². The first-order valence-electron chi connectivity index (χ1n) is 10.9. The Labute approximate surface area is 183 Å². The number of aromatic nitrogens is 2. The Morgan fingerprint density at radius 1 is 1.23 bits per heavy atom. The molecule has 1 atom stereocenters. The summed E-state index contributed by atoms with van der Waals surface area (Å²) in [6.45, 7) is 11.4. The topological polar surface area (TPSA) is 73.1 Å². The monoisotopic (exact) mass is 421 g/mol. The summed E-state index contributed by atoms with van der Waals surface area (Å²) >= 11 is 0. The number of carboxylic acids is 1. The highest BCUT2D eigenvalue weighted by Gasteiger charge is 2.27. The number of piperazine rings is 1. The number of rotatable bonds is 6. The number of nitrogens with one attached hydrogen (secondary N) is 1. The van der Waals surface area contributed by atoms with Gasteiger partial charge in [-0.15, -0.1) is 0 Å². The first-order chi connectivity index (χ1) is 14.9. The first-order valence-corrected chi connectivity index (χ1v) is 10.9. The van der Waals surface area contributed by atoms with Gasteiger partial charge in [-0.05, 0) is 50.2 Å². The fraction of sp³-hybridized carbons (Fsp3) is 0.417. The molecule has 3 aromatic rings. The van der Waals surface area contributed by atoms with Gasteiger partial charge in [-0.3, -0.25) is 4.90 Å². The van der Waals surface area contributed by atoms with Gasteiger partial charge in [0.15, 0.2) is 0 Å². The number of fused-ring (bicyclic) bond motifs is 1. The van der Waals surface area contributed by atoms with E-state index in [1.807, 2.05) is 32.3 Å². The van der Waals surface area contributed by atoms with Crippen molar-refractivity contribution < 1.29 is 9.90 Å². The van der Waals surface area contributed by atoms with Gasteiger partial charge in [-0.2, -0.15) is 0 Å². The van der Waals surface area contributed by atoms with Crippen LogP contribution in [0.1, 0.15) is 41.5 Å². The third-order valence-electron chi connectivity index (χ3n) is 6.61. The zero-order valence-electron chi connectivity index (χ0n) is 18.7. The summed E-state index contributed by atoms with van der Waals surface area (Å²) in [5.74, 6) is -0.0880. The van der Waals surface area contributed by atoms with Crippen molar-refractivity contribution in [2.45, 2.75) is 26.8 Å². The minimum Gasteiger partial charge on any atom is -0.478 e. The van der Waals surface area contributed by atoms with E-state index in [2.05, 4.69) is 50.6 Å². The van der Waals surface area contributed by atoms with Crippen LogP contribution in [0.4, 0.5) is 5.82 Å². The largest absolute Gasteiger partial charge is 0.478 e. The summed E-state index contributed by atoms with van der Waals surface area (Å²) < 4.78 is 2.17. The van der Waals surface area contributed by atoms with Crippen LogP contribution in [0.15, 0.2) is 36.7 Å². The van der Waals surface area contributed by atoms with E-state index in [1.165, 1.54) is 0 Å². The summed E-state index contributed by atoms with van der Waals surface area (Å²) in [4.78, 5) is 21.4. The third kappa shape index (κ3) is 3.91. The average molecular weight is 422 g/mol. The maximum Gasteiger partial charge on any atom is 0.336 e. The molecule has 1 aliphatic rings. The molecule has 7 heteroatoms. The molecule has 164 valence electrons. The van der Waals surface area contributed by atoms with Crippen molar-refractivity contribution in [2.75, 3.05) is 45.1 Å². The quantitative estimate of drug-likeness (QED) is 0.632.